The number of fused-ring (bicyclic) bond motifs is 2. The van der Waals surface area contributed by atoms with E-state index in [4.69, 9.17) is 0 Å². The van der Waals surface area contributed by atoms with Crippen molar-refractivity contribution in [2.24, 2.45) is 0 Å². The van der Waals surface area contributed by atoms with Crippen molar-refractivity contribution in [3.63, 3.8) is 0 Å². The minimum absolute atomic E-state index is 0.00930. The predicted octanol–water partition coefficient (Wildman–Crippen LogP) is 2.31. The molecule has 30 heavy (non-hydrogen) atoms. The van der Waals surface area contributed by atoms with E-state index in [2.05, 4.69) is 25.8 Å². The van der Waals surface area contributed by atoms with Gasteiger partial charge in [-0.2, -0.15) is 0 Å². The van der Waals surface area contributed by atoms with Crippen LogP contribution in [0.3, 0.4) is 0 Å². The fourth-order valence-electron chi connectivity index (χ4n) is 4.16. The fourth-order valence-corrected chi connectivity index (χ4v) is 4.89. The molecule has 2 aromatic heterocycles. The number of rotatable bonds is 4. The van der Waals surface area contributed by atoms with Crippen LogP contribution < -0.4 is 9.80 Å². The number of aromatic nitrogens is 2. The first-order valence-electron chi connectivity index (χ1n) is 9.83. The number of thiophene rings is 1. The van der Waals surface area contributed by atoms with Crippen molar-refractivity contribution in [1.29, 1.82) is 0 Å². The zero-order chi connectivity index (χ0) is 20.7. The van der Waals surface area contributed by atoms with E-state index >= 15 is 0 Å². The lowest BCUT2D eigenvalue weighted by atomic mass is 10.1. The molecule has 10 heteroatoms. The molecule has 1 aromatic carbocycles. The Morgan fingerprint density at radius 1 is 1.13 bits per heavy atom. The molecule has 9 nitrogen and oxygen atoms in total. The van der Waals surface area contributed by atoms with E-state index in [1.807, 2.05) is 5.38 Å². The second-order valence-electron chi connectivity index (χ2n) is 7.47. The van der Waals surface area contributed by atoms with Crippen molar-refractivity contribution >= 4 is 44.7 Å². The Balaban J connectivity index is 1.24. The molecule has 3 aromatic rings. The summed E-state index contributed by atoms with van der Waals surface area (Å²) in [5, 5.41) is 14.2. The monoisotopic (exact) mass is 424 g/mol. The fraction of sp³-hybridized carbons (Fsp3) is 0.350. The maximum atomic E-state index is 12.9. The maximum absolute atomic E-state index is 12.9. The number of nitro groups is 1. The SMILES string of the molecule is O=C(CN1CCN(c2ncnc3sccc23)CC1)N1CCc2ccc([N+](=O)[O-])cc21. The van der Waals surface area contributed by atoms with Gasteiger partial charge in [0.2, 0.25) is 5.91 Å². The third-order valence-corrected chi connectivity index (χ3v) is 6.57. The van der Waals surface area contributed by atoms with Crippen molar-refractivity contribution in [3.05, 3.63) is 51.7 Å². The van der Waals surface area contributed by atoms with Gasteiger partial charge in [0.05, 0.1) is 22.5 Å². The normalized spacial score (nSPS) is 16.8. The predicted molar refractivity (Wildman–Crippen MR) is 115 cm³/mol. The third kappa shape index (κ3) is 3.37. The number of amides is 1. The van der Waals surface area contributed by atoms with Crippen molar-refractivity contribution in [3.8, 4) is 0 Å². The van der Waals surface area contributed by atoms with Crippen molar-refractivity contribution in [2.75, 3.05) is 49.1 Å². The Kier molecular flexibility index (Phi) is 4.80. The average molecular weight is 424 g/mol. The topological polar surface area (TPSA) is 95.7 Å². The number of anilines is 2. The Bertz CT molecular complexity index is 1120. The molecular formula is C20H20N6O3S. The summed E-state index contributed by atoms with van der Waals surface area (Å²) >= 11 is 1.61. The van der Waals surface area contributed by atoms with Gasteiger partial charge in [-0.15, -0.1) is 11.3 Å². The molecule has 154 valence electrons. The Morgan fingerprint density at radius 2 is 1.97 bits per heavy atom. The molecule has 0 spiro atoms. The molecule has 0 unspecified atom stereocenters. The summed E-state index contributed by atoms with van der Waals surface area (Å²) in [5.41, 5.74) is 1.68. The minimum Gasteiger partial charge on any atom is -0.353 e. The molecule has 2 aliphatic rings. The molecule has 5 rings (SSSR count). The van der Waals surface area contributed by atoms with Gasteiger partial charge in [0.1, 0.15) is 17.0 Å². The highest BCUT2D eigenvalue weighted by atomic mass is 32.1. The van der Waals surface area contributed by atoms with Crippen LogP contribution >= 0.6 is 11.3 Å². The first-order valence-corrected chi connectivity index (χ1v) is 10.7. The smallest absolute Gasteiger partial charge is 0.271 e. The van der Waals surface area contributed by atoms with Crippen LogP contribution in [0.5, 0.6) is 0 Å². The average Bonchev–Trinajstić information content (AvgIpc) is 3.40. The standard InChI is InChI=1S/C20H20N6O3S/c27-18(25-5-3-14-1-2-15(26(28)29)11-17(14)25)12-23-6-8-24(9-7-23)19-16-4-10-30-20(16)22-13-21-19/h1-2,4,10-11,13H,3,5-9,12H2. The van der Waals surface area contributed by atoms with Gasteiger partial charge in [0.25, 0.3) is 5.69 Å². The highest BCUT2D eigenvalue weighted by molar-refractivity contribution is 7.16. The second kappa shape index (κ2) is 7.62. The first kappa shape index (κ1) is 18.9. The van der Waals surface area contributed by atoms with Crippen molar-refractivity contribution in [1.82, 2.24) is 14.9 Å². The Labute approximate surface area is 176 Å². The van der Waals surface area contributed by atoms with Gasteiger partial charge < -0.3 is 9.80 Å². The minimum atomic E-state index is -0.419. The van der Waals surface area contributed by atoms with E-state index in [0.717, 1.165) is 54.2 Å². The summed E-state index contributed by atoms with van der Waals surface area (Å²) in [6.07, 6.45) is 2.34. The third-order valence-electron chi connectivity index (χ3n) is 5.75. The van der Waals surface area contributed by atoms with Gasteiger partial charge in [0.15, 0.2) is 0 Å². The van der Waals surface area contributed by atoms with Gasteiger partial charge in [-0.05, 0) is 23.4 Å². The summed E-state index contributed by atoms with van der Waals surface area (Å²) in [7, 11) is 0. The number of piperazine rings is 1. The summed E-state index contributed by atoms with van der Waals surface area (Å²) < 4.78 is 0. The molecular weight excluding hydrogens is 404 g/mol. The molecule has 0 atom stereocenters. The molecule has 0 saturated carbocycles. The molecule has 4 heterocycles. The number of carbonyl (C=O) groups is 1. The number of benzene rings is 1. The van der Waals surface area contributed by atoms with E-state index < -0.39 is 4.92 Å². The number of nitro benzene ring substituents is 1. The van der Waals surface area contributed by atoms with Crippen LogP contribution in [-0.2, 0) is 11.2 Å². The van der Waals surface area contributed by atoms with Crippen molar-refractivity contribution in [2.45, 2.75) is 6.42 Å². The van der Waals surface area contributed by atoms with Gasteiger partial charge in [0, 0.05) is 44.9 Å². The lowest BCUT2D eigenvalue weighted by Gasteiger charge is -2.35. The number of carbonyl (C=O) groups excluding carboxylic acids is 1. The second-order valence-corrected chi connectivity index (χ2v) is 8.36. The first-order chi connectivity index (χ1) is 14.6. The van der Waals surface area contributed by atoms with Crippen LogP contribution in [0.15, 0.2) is 36.0 Å². The molecule has 2 aliphatic heterocycles. The highest BCUT2D eigenvalue weighted by Crippen LogP contribution is 2.32. The number of hydrogen-bond donors (Lipinski definition) is 0. The Morgan fingerprint density at radius 3 is 2.77 bits per heavy atom. The van der Waals surface area contributed by atoms with Crippen molar-refractivity contribution < 1.29 is 9.72 Å². The zero-order valence-electron chi connectivity index (χ0n) is 16.2. The van der Waals surface area contributed by atoms with Crippen LogP contribution in [0.2, 0.25) is 0 Å². The molecule has 1 saturated heterocycles. The van der Waals surface area contributed by atoms with E-state index in [1.165, 1.54) is 12.1 Å². The lowest BCUT2D eigenvalue weighted by molar-refractivity contribution is -0.384. The number of non-ortho nitro benzene ring substituents is 1. The summed E-state index contributed by atoms with van der Waals surface area (Å²) in [6.45, 7) is 3.99. The maximum Gasteiger partial charge on any atom is 0.271 e. The van der Waals surface area contributed by atoms with E-state index in [-0.39, 0.29) is 11.6 Å². The molecule has 0 N–H and O–H groups in total. The van der Waals surface area contributed by atoms with Crippen LogP contribution in [0.4, 0.5) is 17.2 Å². The van der Waals surface area contributed by atoms with Gasteiger partial charge >= 0.3 is 0 Å². The molecule has 0 aliphatic carbocycles. The zero-order valence-corrected chi connectivity index (χ0v) is 17.0. The quantitative estimate of drug-likeness (QED) is 0.468. The van der Waals surface area contributed by atoms with E-state index in [0.29, 0.717) is 18.8 Å². The summed E-state index contributed by atoms with van der Waals surface area (Å²) in [5.74, 6) is 0.943. The summed E-state index contributed by atoms with van der Waals surface area (Å²) in [6, 6.07) is 6.82. The van der Waals surface area contributed by atoms with Gasteiger partial charge in [-0.25, -0.2) is 9.97 Å². The van der Waals surface area contributed by atoms with Crippen LogP contribution in [0.25, 0.3) is 10.2 Å². The largest absolute Gasteiger partial charge is 0.353 e. The molecule has 1 fully saturated rings. The molecule has 1 amide bonds. The highest BCUT2D eigenvalue weighted by Gasteiger charge is 2.29. The summed E-state index contributed by atoms with van der Waals surface area (Å²) in [4.78, 5) is 39.4. The van der Waals surface area contributed by atoms with Crippen LogP contribution in [0, 0.1) is 10.1 Å². The lowest BCUT2D eigenvalue weighted by Crippen LogP contribution is -2.50. The Hall–Kier alpha value is -3.11. The van der Waals surface area contributed by atoms with E-state index in [1.54, 1.807) is 28.6 Å². The van der Waals surface area contributed by atoms with Gasteiger partial charge in [-0.3, -0.25) is 19.8 Å². The molecule has 0 radical (unpaired) electrons. The van der Waals surface area contributed by atoms with E-state index in [9.17, 15) is 14.9 Å². The van der Waals surface area contributed by atoms with Crippen LogP contribution in [0.1, 0.15) is 5.56 Å². The molecule has 0 bridgehead atoms. The van der Waals surface area contributed by atoms with Crippen LogP contribution in [-0.4, -0.2) is 65.0 Å². The number of hydrogen-bond acceptors (Lipinski definition) is 8. The number of nitrogens with zero attached hydrogens (tertiary/aromatic N) is 6. The van der Waals surface area contributed by atoms with Gasteiger partial charge in [-0.1, -0.05) is 6.07 Å².